The summed E-state index contributed by atoms with van der Waals surface area (Å²) in [7, 11) is 0. The molecule has 1 saturated carbocycles. The highest BCUT2D eigenvalue weighted by Gasteiger charge is 2.45. The summed E-state index contributed by atoms with van der Waals surface area (Å²) in [4.78, 5) is 70.8. The van der Waals surface area contributed by atoms with Crippen molar-refractivity contribution in [2.75, 3.05) is 58.0 Å². The number of carbonyl (C=O) groups excluding carboxylic acids is 4. The minimum absolute atomic E-state index is 0. The summed E-state index contributed by atoms with van der Waals surface area (Å²) in [6, 6.07) is 16.5. The third-order valence-electron chi connectivity index (χ3n) is 14.7. The quantitative estimate of drug-likeness (QED) is 0.0256. The Kier molecular flexibility index (Phi) is 24.9. The molecule has 5 heterocycles. The van der Waals surface area contributed by atoms with Crippen molar-refractivity contribution in [1.82, 2.24) is 50.8 Å². The van der Waals surface area contributed by atoms with Gasteiger partial charge in [-0.25, -0.2) is 19.3 Å². The Labute approximate surface area is 508 Å². The molecule has 1 aliphatic carbocycles. The van der Waals surface area contributed by atoms with Gasteiger partial charge >= 0.3 is 0 Å². The average Bonchev–Trinajstić information content (AvgIpc) is 4.44. The van der Waals surface area contributed by atoms with E-state index in [0.29, 0.717) is 109 Å². The van der Waals surface area contributed by atoms with Crippen molar-refractivity contribution in [3.63, 3.8) is 0 Å². The first-order valence-corrected chi connectivity index (χ1v) is 30.3. The van der Waals surface area contributed by atoms with E-state index in [9.17, 15) is 28.7 Å². The van der Waals surface area contributed by atoms with Crippen LogP contribution >= 0.6 is 46.7 Å². The molecule has 5 N–H and O–H groups in total. The van der Waals surface area contributed by atoms with Gasteiger partial charge in [0.2, 0.25) is 17.7 Å². The number of ketones is 1. The van der Waals surface area contributed by atoms with Crippen LogP contribution in [-0.2, 0) is 59.5 Å². The molecule has 0 unspecified atom stereocenters. The number of likely N-dealkylation sites (tertiary alicyclic amines) is 1. The molecule has 6 aromatic rings. The molecule has 3 atom stereocenters. The van der Waals surface area contributed by atoms with Crippen LogP contribution in [0.4, 0.5) is 15.3 Å². The maximum atomic E-state index is 14.7. The third kappa shape index (κ3) is 19.0. The number of Topliss-reactive ketones (excluding diaryl/α,β-unsaturated/α-hetero) is 1. The van der Waals surface area contributed by atoms with Crippen molar-refractivity contribution in [2.24, 2.45) is 10.8 Å². The van der Waals surface area contributed by atoms with Gasteiger partial charge in [0.15, 0.2) is 16.7 Å². The maximum absolute atomic E-state index is 14.7. The lowest BCUT2D eigenvalue weighted by Crippen LogP contribution is -2.57. The number of thiazole rings is 2. The number of halogens is 3. The van der Waals surface area contributed by atoms with Gasteiger partial charge in [-0.1, -0.05) is 74.0 Å². The van der Waals surface area contributed by atoms with Crippen LogP contribution in [-0.4, -0.2) is 140 Å². The summed E-state index contributed by atoms with van der Waals surface area (Å²) in [5.74, 6) is -0.763. The Hall–Kier alpha value is -6.02. The van der Waals surface area contributed by atoms with E-state index in [1.165, 1.54) is 22.3 Å². The van der Waals surface area contributed by atoms with Crippen LogP contribution < -0.4 is 26.0 Å². The molecular formula is C59H76Cl2FN11O9S2. The maximum Gasteiger partial charge on any atom is 0.246 e. The molecule has 25 heteroatoms. The second kappa shape index (κ2) is 31.9. The number of nitrogens with zero attached hydrogens (tertiary/aromatic N) is 7. The minimum atomic E-state index is -0.926. The molecule has 2 aromatic carbocycles. The van der Waals surface area contributed by atoms with Crippen molar-refractivity contribution >= 4 is 81.1 Å². The first-order valence-electron chi connectivity index (χ1n) is 28.2. The van der Waals surface area contributed by atoms with Crippen LogP contribution in [0.1, 0.15) is 94.8 Å². The fraction of sp³-hybridized carbons (Fsp3) is 0.508. The van der Waals surface area contributed by atoms with Crippen molar-refractivity contribution in [3.05, 3.63) is 117 Å². The van der Waals surface area contributed by atoms with Crippen LogP contribution in [0.2, 0.25) is 5.02 Å². The normalized spacial score (nSPS) is 18.2. The molecule has 4 aromatic heterocycles. The minimum Gasteiger partial charge on any atom is -0.487 e. The lowest BCUT2D eigenvalue weighted by molar-refractivity contribution is -0.144. The summed E-state index contributed by atoms with van der Waals surface area (Å²) in [5, 5.41) is 33.9. The molecule has 8 rings (SSSR count). The van der Waals surface area contributed by atoms with Crippen LogP contribution in [0.5, 0.6) is 5.75 Å². The number of aliphatic hydroxyl groups is 1. The third-order valence-corrected chi connectivity index (χ3v) is 16.7. The predicted molar refractivity (Wildman–Crippen MR) is 322 cm³/mol. The number of amides is 3. The van der Waals surface area contributed by atoms with Crippen LogP contribution in [0.3, 0.4) is 0 Å². The number of β-amino-alcohol motifs (C(OH)–C–C–N with tert-alkyl or cyclic N) is 1. The van der Waals surface area contributed by atoms with Gasteiger partial charge in [0.25, 0.3) is 0 Å². The monoisotopic (exact) mass is 1240 g/mol. The van der Waals surface area contributed by atoms with Crippen LogP contribution in [0, 0.1) is 23.6 Å². The number of nitrogens with one attached hydrogen (secondary N) is 4. The number of aliphatic hydroxyl groups excluding tert-OH is 1. The fourth-order valence-electron chi connectivity index (χ4n) is 10.2. The molecule has 0 bridgehead atoms. The van der Waals surface area contributed by atoms with Gasteiger partial charge in [-0.05, 0) is 79.8 Å². The molecule has 84 heavy (non-hydrogen) atoms. The topological polar surface area (TPSA) is 246 Å². The van der Waals surface area contributed by atoms with E-state index >= 15 is 0 Å². The van der Waals surface area contributed by atoms with Gasteiger partial charge in [-0.15, -0.1) is 40.2 Å². The van der Waals surface area contributed by atoms with Crippen molar-refractivity contribution in [1.29, 1.82) is 0 Å². The number of pyridine rings is 1. The molecule has 3 amide bonds. The summed E-state index contributed by atoms with van der Waals surface area (Å²) in [6.07, 6.45) is 6.27. The Bertz CT molecular complexity index is 3050. The SMILES string of the molecule is Cc1ncsc1-c1ccc(CNC(=O)[C@@H]2C[C@@H](O)CN2C(=O)[C@@H](NC(=O)CCNCCn2cc(COCCOCCOCCCC(=O)C3(Cc4cccc(Nc5nccs5)n4)CCC(Oc4cccc(Cl)c4F)CC3)nn2)C(C)(C)C)cc1.Cl. The van der Waals surface area contributed by atoms with Gasteiger partial charge in [-0.3, -0.25) is 23.9 Å². The Morgan fingerprint density at radius 1 is 0.917 bits per heavy atom. The Morgan fingerprint density at radius 2 is 1.67 bits per heavy atom. The number of anilines is 2. The lowest BCUT2D eigenvalue weighted by atomic mass is 9.66. The summed E-state index contributed by atoms with van der Waals surface area (Å²) in [6.45, 7) is 11.2. The van der Waals surface area contributed by atoms with Gasteiger partial charge < -0.3 is 50.2 Å². The highest BCUT2D eigenvalue weighted by atomic mass is 35.5. The zero-order valence-corrected chi connectivity index (χ0v) is 51.1. The lowest BCUT2D eigenvalue weighted by Gasteiger charge is -2.39. The second-order valence-electron chi connectivity index (χ2n) is 22.0. The number of ether oxygens (including phenoxy) is 4. The molecule has 2 fully saturated rings. The first kappa shape index (κ1) is 65.5. The number of aromatic nitrogens is 6. The number of carbonyl (C=O) groups is 4. The van der Waals surface area contributed by atoms with Gasteiger partial charge in [-0.2, -0.15) is 0 Å². The van der Waals surface area contributed by atoms with E-state index in [1.807, 2.05) is 81.1 Å². The Morgan fingerprint density at radius 3 is 2.39 bits per heavy atom. The van der Waals surface area contributed by atoms with Crippen molar-refractivity contribution < 1.29 is 47.6 Å². The van der Waals surface area contributed by atoms with Gasteiger partial charge in [0.1, 0.15) is 29.4 Å². The van der Waals surface area contributed by atoms with Crippen LogP contribution in [0.15, 0.2) is 83.9 Å². The first-order chi connectivity index (χ1) is 40.0. The molecule has 20 nitrogen and oxygen atoms in total. The molecular weight excluding hydrogens is 1160 g/mol. The largest absolute Gasteiger partial charge is 0.487 e. The smallest absolute Gasteiger partial charge is 0.246 e. The number of aryl methyl sites for hydroxylation is 1. The van der Waals surface area contributed by atoms with Gasteiger partial charge in [0.05, 0.1) is 79.1 Å². The molecule has 454 valence electrons. The van der Waals surface area contributed by atoms with Crippen LogP contribution in [0.25, 0.3) is 10.4 Å². The van der Waals surface area contributed by atoms with Crippen molar-refractivity contribution in [2.45, 2.75) is 129 Å². The summed E-state index contributed by atoms with van der Waals surface area (Å²) in [5.41, 5.74) is 4.83. The molecule has 1 aliphatic heterocycles. The number of hydrogen-bond acceptors (Lipinski definition) is 18. The zero-order valence-electron chi connectivity index (χ0n) is 47.9. The van der Waals surface area contributed by atoms with E-state index in [0.717, 1.165) is 32.5 Å². The number of benzene rings is 2. The average molecular weight is 1240 g/mol. The highest BCUT2D eigenvalue weighted by Crippen LogP contribution is 2.43. The summed E-state index contributed by atoms with van der Waals surface area (Å²) < 4.78 is 39.7. The van der Waals surface area contributed by atoms with E-state index < -0.39 is 40.7 Å². The van der Waals surface area contributed by atoms with E-state index in [2.05, 4.69) is 41.5 Å². The Balaban J connectivity index is 0.0000101. The van der Waals surface area contributed by atoms with E-state index in [4.69, 9.17) is 35.5 Å². The number of hydrogen-bond donors (Lipinski definition) is 5. The van der Waals surface area contributed by atoms with E-state index in [1.54, 1.807) is 40.5 Å². The fourth-order valence-corrected chi connectivity index (χ4v) is 11.7. The second-order valence-corrected chi connectivity index (χ2v) is 24.2. The summed E-state index contributed by atoms with van der Waals surface area (Å²) >= 11 is 9.06. The van der Waals surface area contributed by atoms with Crippen molar-refractivity contribution in [3.8, 4) is 16.2 Å². The van der Waals surface area contributed by atoms with Gasteiger partial charge in [0, 0.05) is 81.2 Å². The molecule has 0 spiro atoms. The predicted octanol–water partition coefficient (Wildman–Crippen LogP) is 8.46. The van der Waals surface area contributed by atoms with E-state index in [-0.39, 0.29) is 79.4 Å². The molecule has 2 aliphatic rings. The zero-order chi connectivity index (χ0) is 58.8. The number of rotatable bonds is 31. The standard InChI is InChI=1S/C59H75ClFN11O9S2.ClH/c1-39-53(83-38-65-39)41-15-13-40(14-16-41)34-64-55(76)47-32-44(73)36-72(47)56(77)54(58(2,3)4)68-51(75)19-22-62-23-25-71-35-43(69-70-71)37-80-30-29-79-28-27-78-26-7-11-49(74)59(33-42-8-5-12-50(66-42)67-57-63-24-31-82-57)20-17-45(18-21-59)81-48-10-6-9-46(60)52(48)61;/h5-6,8-10,12-16,24,31,35,38,44-45,47,54,62,73H,7,11,17-23,25-30,32-34,36-37H2,1-4H3,(H,64,76)(H,68,75)(H,63,66,67);1H/t44-,45?,47+,54-,59?;/m1./s1. The molecule has 0 radical (unpaired) electrons. The highest BCUT2D eigenvalue weighted by molar-refractivity contribution is 7.13. The molecule has 1 saturated heterocycles.